The smallest absolute Gasteiger partial charge is 0.251 e. The van der Waals surface area contributed by atoms with Gasteiger partial charge in [0.25, 0.3) is 5.91 Å². The van der Waals surface area contributed by atoms with Crippen molar-refractivity contribution >= 4 is 11.6 Å². The minimum absolute atomic E-state index is 0.0675. The molecule has 1 fully saturated rings. The van der Waals surface area contributed by atoms with Crippen molar-refractivity contribution in [3.8, 4) is 5.75 Å². The first-order chi connectivity index (χ1) is 13.6. The van der Waals surface area contributed by atoms with Gasteiger partial charge in [-0.3, -0.25) is 4.79 Å². The Balaban J connectivity index is 1.55. The Morgan fingerprint density at radius 3 is 2.79 bits per heavy atom. The van der Waals surface area contributed by atoms with E-state index in [9.17, 15) is 4.79 Å². The van der Waals surface area contributed by atoms with Gasteiger partial charge in [-0.25, -0.2) is 0 Å². The average molecular weight is 383 g/mol. The van der Waals surface area contributed by atoms with Crippen LogP contribution in [-0.4, -0.2) is 52.4 Å². The minimum Gasteiger partial charge on any atom is -0.497 e. The third kappa shape index (κ3) is 5.03. The Morgan fingerprint density at radius 2 is 2.07 bits per heavy atom. The van der Waals surface area contributed by atoms with Crippen LogP contribution in [0.2, 0.25) is 0 Å². The first kappa shape index (κ1) is 20.2. The number of carbonyl (C=O) groups excluding carboxylic acids is 1. The van der Waals surface area contributed by atoms with Crippen LogP contribution < -0.4 is 20.3 Å². The van der Waals surface area contributed by atoms with Crippen molar-refractivity contribution < 1.29 is 14.3 Å². The molecule has 6 nitrogen and oxygen atoms in total. The number of morpholine rings is 1. The molecule has 2 atom stereocenters. The molecule has 2 N–H and O–H groups in total. The van der Waals surface area contributed by atoms with Gasteiger partial charge in [-0.2, -0.15) is 0 Å². The van der Waals surface area contributed by atoms with Crippen LogP contribution in [0.4, 0.5) is 5.69 Å². The second kappa shape index (κ2) is 9.57. The molecule has 1 amide bonds. The van der Waals surface area contributed by atoms with Crippen molar-refractivity contribution in [2.75, 3.05) is 45.3 Å². The Morgan fingerprint density at radius 1 is 1.29 bits per heavy atom. The molecule has 1 heterocycles. The molecule has 1 saturated heterocycles. The molecule has 0 spiro atoms. The van der Waals surface area contributed by atoms with E-state index in [0.717, 1.165) is 31.1 Å². The molecule has 3 rings (SSSR count). The summed E-state index contributed by atoms with van der Waals surface area (Å²) in [5, 5.41) is 6.21. The number of benzene rings is 2. The molecule has 0 bridgehead atoms. The molecule has 1 unspecified atom stereocenters. The van der Waals surface area contributed by atoms with E-state index in [4.69, 9.17) is 9.47 Å². The summed E-state index contributed by atoms with van der Waals surface area (Å²) in [5.74, 6) is 0.800. The van der Waals surface area contributed by atoms with Crippen LogP contribution in [0.1, 0.15) is 28.9 Å². The molecule has 28 heavy (non-hydrogen) atoms. The second-order valence-corrected chi connectivity index (χ2v) is 6.97. The van der Waals surface area contributed by atoms with Crippen LogP contribution in [-0.2, 0) is 4.74 Å². The van der Waals surface area contributed by atoms with Gasteiger partial charge in [0.05, 0.1) is 19.8 Å². The van der Waals surface area contributed by atoms with Crippen molar-refractivity contribution in [3.05, 3.63) is 59.7 Å². The van der Waals surface area contributed by atoms with Gasteiger partial charge < -0.3 is 25.0 Å². The predicted molar refractivity (Wildman–Crippen MR) is 111 cm³/mol. The molecule has 1 aliphatic rings. The Labute approximate surface area is 166 Å². The van der Waals surface area contributed by atoms with Gasteiger partial charge in [0.15, 0.2) is 0 Å². The van der Waals surface area contributed by atoms with Crippen LogP contribution >= 0.6 is 0 Å². The van der Waals surface area contributed by atoms with Crippen molar-refractivity contribution in [2.45, 2.75) is 19.1 Å². The van der Waals surface area contributed by atoms with E-state index in [1.165, 1.54) is 5.56 Å². The lowest BCUT2D eigenvalue weighted by atomic mass is 10.1. The molecule has 150 valence electrons. The van der Waals surface area contributed by atoms with Gasteiger partial charge in [0.2, 0.25) is 0 Å². The third-order valence-electron chi connectivity index (χ3n) is 5.11. The number of nitrogens with zero attached hydrogens (tertiary/aromatic N) is 1. The van der Waals surface area contributed by atoms with Crippen molar-refractivity contribution in [3.63, 3.8) is 0 Å². The van der Waals surface area contributed by atoms with Gasteiger partial charge >= 0.3 is 0 Å². The number of methoxy groups -OCH3 is 1. The fraction of sp³-hybridized carbons (Fsp3) is 0.409. The molecule has 0 aliphatic carbocycles. The standard InChI is InChI=1S/C22H29N3O3/c1-16(18-5-4-6-20(13-18)27-3)24-14-21-15-25(11-12-28-21)19-9-7-17(8-10-19)22(26)23-2/h4-10,13,16,21,24H,11-12,14-15H2,1-3H3,(H,23,26)/t16-,21?/m1/s1. The summed E-state index contributed by atoms with van der Waals surface area (Å²) in [6, 6.07) is 16.0. The number of anilines is 1. The maximum atomic E-state index is 11.7. The number of ether oxygens (including phenoxy) is 2. The minimum atomic E-state index is -0.0675. The summed E-state index contributed by atoms with van der Waals surface area (Å²) in [4.78, 5) is 14.0. The quantitative estimate of drug-likeness (QED) is 0.770. The molecule has 6 heteroatoms. The zero-order valence-electron chi connectivity index (χ0n) is 16.8. The zero-order valence-corrected chi connectivity index (χ0v) is 16.8. The summed E-state index contributed by atoms with van der Waals surface area (Å²) < 4.78 is 11.3. The number of hydrogen-bond acceptors (Lipinski definition) is 5. The Bertz CT molecular complexity index is 779. The van der Waals surface area contributed by atoms with Gasteiger partial charge in [-0.05, 0) is 48.9 Å². The maximum absolute atomic E-state index is 11.7. The first-order valence-corrected chi connectivity index (χ1v) is 9.66. The number of hydrogen-bond donors (Lipinski definition) is 2. The lowest BCUT2D eigenvalue weighted by Crippen LogP contribution is -2.47. The zero-order chi connectivity index (χ0) is 19.9. The first-order valence-electron chi connectivity index (χ1n) is 9.66. The van der Waals surface area contributed by atoms with Gasteiger partial charge in [-0.15, -0.1) is 0 Å². The van der Waals surface area contributed by atoms with E-state index in [-0.39, 0.29) is 18.1 Å². The Hall–Kier alpha value is -2.57. The molecular weight excluding hydrogens is 354 g/mol. The number of amides is 1. The maximum Gasteiger partial charge on any atom is 0.251 e. The molecule has 0 aromatic heterocycles. The summed E-state index contributed by atoms with van der Waals surface area (Å²) in [6.07, 6.45) is 0.112. The Kier molecular flexibility index (Phi) is 6.90. The molecule has 1 aliphatic heterocycles. The van der Waals surface area contributed by atoms with E-state index in [0.29, 0.717) is 12.2 Å². The molecule has 0 saturated carbocycles. The summed E-state index contributed by atoms with van der Waals surface area (Å²) in [7, 11) is 3.32. The van der Waals surface area contributed by atoms with E-state index in [2.05, 4.69) is 34.6 Å². The van der Waals surface area contributed by atoms with Crippen LogP contribution in [0.5, 0.6) is 5.75 Å². The normalized spacial score (nSPS) is 17.8. The van der Waals surface area contributed by atoms with Gasteiger partial charge in [0, 0.05) is 44.0 Å². The van der Waals surface area contributed by atoms with Crippen molar-refractivity contribution in [1.82, 2.24) is 10.6 Å². The van der Waals surface area contributed by atoms with Crippen molar-refractivity contribution in [1.29, 1.82) is 0 Å². The van der Waals surface area contributed by atoms with E-state index < -0.39 is 0 Å². The lowest BCUT2D eigenvalue weighted by molar-refractivity contribution is 0.0394. The highest BCUT2D eigenvalue weighted by molar-refractivity contribution is 5.94. The SMILES string of the molecule is CNC(=O)c1ccc(N2CCOC(CN[C@H](C)c3cccc(OC)c3)C2)cc1. The van der Waals surface area contributed by atoms with Crippen LogP contribution in [0.15, 0.2) is 48.5 Å². The number of rotatable bonds is 7. The van der Waals surface area contributed by atoms with Gasteiger partial charge in [-0.1, -0.05) is 12.1 Å². The summed E-state index contributed by atoms with van der Waals surface area (Å²) >= 11 is 0. The van der Waals surface area contributed by atoms with Crippen molar-refractivity contribution in [2.24, 2.45) is 0 Å². The highest BCUT2D eigenvalue weighted by atomic mass is 16.5. The number of nitrogens with one attached hydrogen (secondary N) is 2. The van der Waals surface area contributed by atoms with Gasteiger partial charge in [0.1, 0.15) is 5.75 Å². The molecule has 2 aromatic rings. The molecule has 0 radical (unpaired) electrons. The highest BCUT2D eigenvalue weighted by Gasteiger charge is 2.21. The van der Waals surface area contributed by atoms with Crippen LogP contribution in [0.3, 0.4) is 0 Å². The fourth-order valence-corrected chi connectivity index (χ4v) is 3.38. The molecular formula is C22H29N3O3. The number of carbonyl (C=O) groups is 1. The lowest BCUT2D eigenvalue weighted by Gasteiger charge is -2.35. The fourth-order valence-electron chi connectivity index (χ4n) is 3.38. The van der Waals surface area contributed by atoms with E-state index in [1.807, 2.05) is 36.4 Å². The predicted octanol–water partition coefficient (Wildman–Crippen LogP) is 2.61. The highest BCUT2D eigenvalue weighted by Crippen LogP contribution is 2.21. The largest absolute Gasteiger partial charge is 0.497 e. The van der Waals surface area contributed by atoms with E-state index >= 15 is 0 Å². The summed E-state index contributed by atoms with van der Waals surface area (Å²) in [6.45, 7) is 5.27. The molecule has 2 aromatic carbocycles. The summed E-state index contributed by atoms with van der Waals surface area (Å²) in [5.41, 5.74) is 2.98. The second-order valence-electron chi connectivity index (χ2n) is 6.97. The topological polar surface area (TPSA) is 62.8 Å². The monoisotopic (exact) mass is 383 g/mol. The third-order valence-corrected chi connectivity index (χ3v) is 5.11. The van der Waals surface area contributed by atoms with Crippen LogP contribution in [0, 0.1) is 0 Å². The van der Waals surface area contributed by atoms with E-state index in [1.54, 1.807) is 14.2 Å². The van der Waals surface area contributed by atoms with Crippen LogP contribution in [0.25, 0.3) is 0 Å². The average Bonchev–Trinajstić information content (AvgIpc) is 2.77.